The van der Waals surface area contributed by atoms with E-state index in [-0.39, 0.29) is 0 Å². The molecule has 0 aliphatic carbocycles. The molecule has 19 heavy (non-hydrogen) atoms. The van der Waals surface area contributed by atoms with Gasteiger partial charge in [-0.25, -0.2) is 0 Å². The number of hydrogen-bond acceptors (Lipinski definition) is 3. The van der Waals surface area contributed by atoms with Crippen molar-refractivity contribution in [1.29, 1.82) is 0 Å². The summed E-state index contributed by atoms with van der Waals surface area (Å²) in [4.78, 5) is 24.2. The first-order valence-electron chi connectivity index (χ1n) is 5.96. The van der Waals surface area contributed by atoms with E-state index in [9.17, 15) is 9.59 Å². The third-order valence-corrected chi connectivity index (χ3v) is 4.36. The molecule has 6 heteroatoms. The van der Waals surface area contributed by atoms with Gasteiger partial charge in [0.2, 0.25) is 5.91 Å². The Morgan fingerprint density at radius 1 is 1.42 bits per heavy atom. The third kappa shape index (κ3) is 4.95. The molecule has 2 N–H and O–H groups in total. The monoisotopic (exact) mass is 347 g/mol. The zero-order chi connectivity index (χ0) is 14.6. The van der Waals surface area contributed by atoms with E-state index in [1.807, 2.05) is 12.1 Å². The molecule has 0 spiro atoms. The Bertz CT molecular complexity index is 465. The lowest BCUT2D eigenvalue weighted by molar-refractivity contribution is -0.151. The van der Waals surface area contributed by atoms with Crippen molar-refractivity contribution in [3.63, 3.8) is 0 Å². The molecule has 0 saturated heterocycles. The fraction of sp³-hybridized carbons (Fsp3) is 0.538. The van der Waals surface area contributed by atoms with Crippen molar-refractivity contribution in [3.05, 3.63) is 20.8 Å². The minimum absolute atomic E-state index is 0.421. The number of hydrogen-bond donors (Lipinski definition) is 2. The number of halogens is 1. The molecule has 1 heterocycles. The molecule has 0 aliphatic heterocycles. The average Bonchev–Trinajstić information content (AvgIpc) is 2.61. The summed E-state index contributed by atoms with van der Waals surface area (Å²) in [7, 11) is 0. The fourth-order valence-electron chi connectivity index (χ4n) is 1.77. The maximum atomic E-state index is 11.9. The number of carboxylic acid groups (broad SMARTS) is 1. The van der Waals surface area contributed by atoms with Crippen LogP contribution in [0.15, 0.2) is 15.9 Å². The van der Waals surface area contributed by atoms with Crippen molar-refractivity contribution in [1.82, 2.24) is 5.32 Å². The predicted molar refractivity (Wildman–Crippen MR) is 79.3 cm³/mol. The summed E-state index contributed by atoms with van der Waals surface area (Å²) in [6.07, 6.45) is 0.707. The number of aliphatic carboxylic acids is 1. The molecule has 0 bridgehead atoms. The predicted octanol–water partition coefficient (Wildman–Crippen LogP) is 2.92. The van der Waals surface area contributed by atoms with Crippen LogP contribution in [0.2, 0.25) is 0 Å². The molecule has 0 fully saturated rings. The van der Waals surface area contributed by atoms with E-state index in [4.69, 9.17) is 5.11 Å². The second-order valence-electron chi connectivity index (χ2n) is 5.38. The number of thiophene rings is 1. The Balaban J connectivity index is 2.52. The van der Waals surface area contributed by atoms with E-state index in [1.165, 1.54) is 0 Å². The van der Waals surface area contributed by atoms with E-state index in [2.05, 4.69) is 21.2 Å². The number of nitrogens with one attached hydrogen (secondary N) is 1. The van der Waals surface area contributed by atoms with E-state index < -0.39 is 23.2 Å². The van der Waals surface area contributed by atoms with E-state index in [1.54, 1.807) is 32.1 Å². The highest BCUT2D eigenvalue weighted by atomic mass is 79.9. The van der Waals surface area contributed by atoms with Crippen molar-refractivity contribution < 1.29 is 14.7 Å². The zero-order valence-electron chi connectivity index (χ0n) is 11.2. The quantitative estimate of drug-likeness (QED) is 0.804. The summed E-state index contributed by atoms with van der Waals surface area (Å²) in [5.74, 6) is -2.53. The normalized spacial score (nSPS) is 13.1. The van der Waals surface area contributed by atoms with Crippen molar-refractivity contribution in [3.8, 4) is 0 Å². The maximum absolute atomic E-state index is 11.9. The molecular weight excluding hydrogens is 330 g/mol. The fourth-order valence-corrected chi connectivity index (χ4v) is 3.26. The molecule has 1 unspecified atom stereocenters. The van der Waals surface area contributed by atoms with Gasteiger partial charge in [0.15, 0.2) is 0 Å². The Morgan fingerprint density at radius 3 is 2.47 bits per heavy atom. The Labute approximate surface area is 125 Å². The first-order valence-corrected chi connectivity index (χ1v) is 7.57. The van der Waals surface area contributed by atoms with Gasteiger partial charge in [-0.15, -0.1) is 11.3 Å². The Kier molecular flexibility index (Phi) is 5.55. The van der Waals surface area contributed by atoms with Gasteiger partial charge >= 0.3 is 5.97 Å². The van der Waals surface area contributed by atoms with Gasteiger partial charge in [0.1, 0.15) is 5.92 Å². The van der Waals surface area contributed by atoms with Gasteiger partial charge < -0.3 is 10.4 Å². The summed E-state index contributed by atoms with van der Waals surface area (Å²) >= 11 is 4.98. The highest BCUT2D eigenvalue weighted by Crippen LogP contribution is 2.26. The molecule has 106 valence electrons. The molecule has 1 atom stereocenters. The second kappa shape index (κ2) is 6.52. The van der Waals surface area contributed by atoms with E-state index in [0.29, 0.717) is 13.0 Å². The summed E-state index contributed by atoms with van der Waals surface area (Å²) < 4.78 is 1.05. The highest BCUT2D eigenvalue weighted by molar-refractivity contribution is 9.11. The number of carboxylic acids is 1. The molecule has 1 aromatic rings. The van der Waals surface area contributed by atoms with Crippen molar-refractivity contribution in [2.45, 2.75) is 27.2 Å². The van der Waals surface area contributed by atoms with Gasteiger partial charge in [-0.3, -0.25) is 9.59 Å². The Hall–Kier alpha value is -0.880. The van der Waals surface area contributed by atoms with Crippen LogP contribution in [0.25, 0.3) is 0 Å². The first-order chi connectivity index (χ1) is 8.71. The summed E-state index contributed by atoms with van der Waals surface area (Å²) in [5.41, 5.74) is -0.595. The summed E-state index contributed by atoms with van der Waals surface area (Å²) in [5, 5.41) is 11.8. The SMILES string of the molecule is CC(C)(C)C(C(=O)O)C(=O)NCCc1ccc(Br)s1. The summed E-state index contributed by atoms with van der Waals surface area (Å²) in [6.45, 7) is 5.71. The van der Waals surface area contributed by atoms with Gasteiger partial charge in [0, 0.05) is 11.4 Å². The van der Waals surface area contributed by atoms with Crippen LogP contribution in [0.1, 0.15) is 25.6 Å². The molecular formula is C13H18BrNO3S. The van der Waals surface area contributed by atoms with Crippen LogP contribution in [0.5, 0.6) is 0 Å². The van der Waals surface area contributed by atoms with Crippen LogP contribution in [-0.2, 0) is 16.0 Å². The number of carbonyl (C=O) groups is 2. The lowest BCUT2D eigenvalue weighted by atomic mass is 9.80. The van der Waals surface area contributed by atoms with Crippen molar-refractivity contribution >= 4 is 39.1 Å². The minimum atomic E-state index is -1.08. The van der Waals surface area contributed by atoms with Crippen LogP contribution >= 0.6 is 27.3 Å². The maximum Gasteiger partial charge on any atom is 0.316 e. The van der Waals surface area contributed by atoms with Crippen LogP contribution in [0, 0.1) is 11.3 Å². The molecule has 4 nitrogen and oxygen atoms in total. The van der Waals surface area contributed by atoms with Gasteiger partial charge in [0.05, 0.1) is 3.79 Å². The topological polar surface area (TPSA) is 66.4 Å². The minimum Gasteiger partial charge on any atom is -0.481 e. The van der Waals surface area contributed by atoms with Crippen molar-refractivity contribution in [2.75, 3.05) is 6.54 Å². The molecule has 0 saturated carbocycles. The van der Waals surface area contributed by atoms with Gasteiger partial charge in [-0.2, -0.15) is 0 Å². The molecule has 0 aliphatic rings. The van der Waals surface area contributed by atoms with Crippen LogP contribution < -0.4 is 5.32 Å². The third-order valence-electron chi connectivity index (χ3n) is 2.67. The second-order valence-corrected chi connectivity index (χ2v) is 7.93. The van der Waals surface area contributed by atoms with Crippen LogP contribution in [0.3, 0.4) is 0 Å². The van der Waals surface area contributed by atoms with E-state index >= 15 is 0 Å². The standard InChI is InChI=1S/C13H18BrNO3S/c1-13(2,3)10(12(17)18)11(16)15-7-6-8-4-5-9(14)19-8/h4-5,10H,6-7H2,1-3H3,(H,15,16)(H,17,18). The van der Waals surface area contributed by atoms with Gasteiger partial charge in [-0.05, 0) is 39.9 Å². The molecule has 1 amide bonds. The highest BCUT2D eigenvalue weighted by Gasteiger charge is 2.37. The summed E-state index contributed by atoms with van der Waals surface area (Å²) in [6, 6.07) is 3.94. The molecule has 1 aromatic heterocycles. The lowest BCUT2D eigenvalue weighted by Crippen LogP contribution is -2.43. The zero-order valence-corrected chi connectivity index (χ0v) is 13.6. The van der Waals surface area contributed by atoms with Crippen molar-refractivity contribution in [2.24, 2.45) is 11.3 Å². The molecule has 0 radical (unpaired) electrons. The number of carbonyl (C=O) groups excluding carboxylic acids is 1. The smallest absolute Gasteiger partial charge is 0.316 e. The first kappa shape index (κ1) is 16.2. The van der Waals surface area contributed by atoms with E-state index in [0.717, 1.165) is 8.66 Å². The lowest BCUT2D eigenvalue weighted by Gasteiger charge is -2.25. The Morgan fingerprint density at radius 2 is 2.05 bits per heavy atom. The number of amides is 1. The van der Waals surface area contributed by atoms with Gasteiger partial charge in [0.25, 0.3) is 0 Å². The van der Waals surface area contributed by atoms with Crippen LogP contribution in [0.4, 0.5) is 0 Å². The van der Waals surface area contributed by atoms with Crippen LogP contribution in [-0.4, -0.2) is 23.5 Å². The average molecular weight is 348 g/mol. The molecule has 0 aromatic carbocycles. The molecule has 1 rings (SSSR count). The largest absolute Gasteiger partial charge is 0.481 e. The number of rotatable bonds is 5. The van der Waals surface area contributed by atoms with Gasteiger partial charge in [-0.1, -0.05) is 20.8 Å².